The van der Waals surface area contributed by atoms with Gasteiger partial charge in [-0.15, -0.1) is 0 Å². The Morgan fingerprint density at radius 2 is 2.28 bits per heavy atom. The third-order valence-corrected chi connectivity index (χ3v) is 3.03. The summed E-state index contributed by atoms with van der Waals surface area (Å²) in [5.74, 6) is 0. The van der Waals surface area contributed by atoms with Crippen LogP contribution in [0, 0.1) is 0 Å². The number of hydrogen-bond donors (Lipinski definition) is 1. The molecule has 0 aliphatic rings. The van der Waals surface area contributed by atoms with E-state index >= 15 is 0 Å². The van der Waals surface area contributed by atoms with E-state index in [-0.39, 0.29) is 11.6 Å². The van der Waals surface area contributed by atoms with E-state index in [1.807, 2.05) is 6.92 Å². The number of rotatable bonds is 4. The van der Waals surface area contributed by atoms with Crippen LogP contribution in [0.1, 0.15) is 19.4 Å². The number of hydrogen-bond acceptors (Lipinski definition) is 4. The van der Waals surface area contributed by atoms with Crippen LogP contribution in [0.25, 0.3) is 10.9 Å². The Morgan fingerprint density at radius 1 is 1.50 bits per heavy atom. The molecule has 0 fully saturated rings. The van der Waals surface area contributed by atoms with Crippen LogP contribution in [0.15, 0.2) is 29.3 Å². The predicted octanol–water partition coefficient (Wildman–Crippen LogP) is 1.58. The number of methoxy groups -OCH3 is 1. The lowest BCUT2D eigenvalue weighted by molar-refractivity contribution is 0.151. The fraction of sp³-hybridized carbons (Fsp3) is 0.385. The summed E-state index contributed by atoms with van der Waals surface area (Å²) in [5.41, 5.74) is 6.87. The monoisotopic (exact) mass is 247 g/mol. The highest BCUT2D eigenvalue weighted by Gasteiger charge is 2.12. The minimum Gasteiger partial charge on any atom is -0.399 e. The van der Waals surface area contributed by atoms with Gasteiger partial charge in [0.05, 0.1) is 29.9 Å². The topological polar surface area (TPSA) is 70.1 Å². The van der Waals surface area contributed by atoms with Gasteiger partial charge >= 0.3 is 0 Å². The Hall–Kier alpha value is -1.88. The maximum Gasteiger partial charge on any atom is 0.261 e. The molecule has 1 aromatic carbocycles. The van der Waals surface area contributed by atoms with Crippen molar-refractivity contribution in [3.63, 3.8) is 0 Å². The van der Waals surface area contributed by atoms with Crippen LogP contribution in [0.2, 0.25) is 0 Å². The third-order valence-electron chi connectivity index (χ3n) is 3.03. The molecule has 1 aromatic heterocycles. The average molecular weight is 247 g/mol. The van der Waals surface area contributed by atoms with E-state index in [2.05, 4.69) is 4.98 Å². The molecule has 0 radical (unpaired) electrons. The number of nitrogen functional groups attached to an aromatic ring is 1. The summed E-state index contributed by atoms with van der Waals surface area (Å²) in [6.07, 6.45) is 2.39. The van der Waals surface area contributed by atoms with Gasteiger partial charge in [0, 0.05) is 12.8 Å². The highest BCUT2D eigenvalue weighted by atomic mass is 16.5. The Bertz CT molecular complexity index is 607. The van der Waals surface area contributed by atoms with Crippen molar-refractivity contribution in [2.24, 2.45) is 0 Å². The predicted molar refractivity (Wildman–Crippen MR) is 71.6 cm³/mol. The first kappa shape index (κ1) is 12.6. The smallest absolute Gasteiger partial charge is 0.261 e. The maximum atomic E-state index is 12.4. The molecular weight excluding hydrogens is 230 g/mol. The lowest BCUT2D eigenvalue weighted by atomic mass is 10.2. The van der Waals surface area contributed by atoms with E-state index in [0.717, 1.165) is 6.42 Å². The minimum atomic E-state index is -0.0730. The van der Waals surface area contributed by atoms with Crippen molar-refractivity contribution in [2.45, 2.75) is 19.4 Å². The van der Waals surface area contributed by atoms with Crippen LogP contribution < -0.4 is 11.3 Å². The van der Waals surface area contributed by atoms with Crippen LogP contribution in [-0.2, 0) is 4.74 Å². The molecule has 5 nitrogen and oxygen atoms in total. The van der Waals surface area contributed by atoms with E-state index in [0.29, 0.717) is 23.2 Å². The van der Waals surface area contributed by atoms with E-state index in [4.69, 9.17) is 10.5 Å². The molecule has 0 aliphatic heterocycles. The van der Waals surface area contributed by atoms with E-state index < -0.39 is 0 Å². The van der Waals surface area contributed by atoms with Crippen LogP contribution in [0.3, 0.4) is 0 Å². The van der Waals surface area contributed by atoms with Crippen LogP contribution >= 0.6 is 0 Å². The first-order valence-electron chi connectivity index (χ1n) is 5.92. The van der Waals surface area contributed by atoms with Crippen molar-refractivity contribution >= 4 is 16.6 Å². The number of benzene rings is 1. The number of anilines is 1. The Kier molecular flexibility index (Phi) is 3.62. The van der Waals surface area contributed by atoms with Crippen molar-refractivity contribution in [2.75, 3.05) is 19.5 Å². The molecular formula is C13H17N3O2. The fourth-order valence-electron chi connectivity index (χ4n) is 2.00. The Labute approximate surface area is 105 Å². The number of nitrogens with two attached hydrogens (primary N) is 1. The average Bonchev–Trinajstić information content (AvgIpc) is 2.38. The van der Waals surface area contributed by atoms with Crippen molar-refractivity contribution in [1.82, 2.24) is 9.55 Å². The third kappa shape index (κ3) is 2.22. The highest BCUT2D eigenvalue weighted by molar-refractivity contribution is 5.80. The second kappa shape index (κ2) is 5.18. The Balaban J connectivity index is 2.59. The molecule has 0 bridgehead atoms. The molecule has 0 saturated heterocycles. The standard InChI is InChI=1S/C13H17N3O2/c1-3-10(7-18-2)16-8-15-12-5-4-9(14)6-11(12)13(16)17/h4-6,8,10H,3,7,14H2,1-2H3. The highest BCUT2D eigenvalue weighted by Crippen LogP contribution is 2.14. The van der Waals surface area contributed by atoms with Crippen LogP contribution in [-0.4, -0.2) is 23.3 Å². The molecule has 2 N–H and O–H groups in total. The summed E-state index contributed by atoms with van der Waals surface area (Å²) in [6.45, 7) is 2.51. The summed E-state index contributed by atoms with van der Waals surface area (Å²) in [5, 5.41) is 0.548. The summed E-state index contributed by atoms with van der Waals surface area (Å²) in [4.78, 5) is 16.7. The molecule has 1 heterocycles. The molecule has 2 aromatic rings. The normalized spacial score (nSPS) is 12.8. The van der Waals surface area contributed by atoms with Gasteiger partial charge in [0.1, 0.15) is 0 Å². The molecule has 96 valence electrons. The quantitative estimate of drug-likeness (QED) is 0.833. The minimum absolute atomic E-state index is 0.000769. The van der Waals surface area contributed by atoms with Gasteiger partial charge < -0.3 is 10.5 Å². The summed E-state index contributed by atoms with van der Waals surface area (Å²) >= 11 is 0. The molecule has 1 atom stereocenters. The summed E-state index contributed by atoms with van der Waals surface area (Å²) in [6, 6.07) is 5.17. The van der Waals surface area contributed by atoms with Crippen LogP contribution in [0.4, 0.5) is 5.69 Å². The zero-order chi connectivity index (χ0) is 13.1. The SMILES string of the molecule is CCC(COC)n1cnc2ccc(N)cc2c1=O. The first-order valence-corrected chi connectivity index (χ1v) is 5.92. The maximum absolute atomic E-state index is 12.4. The van der Waals surface area contributed by atoms with Crippen molar-refractivity contribution < 1.29 is 4.74 Å². The number of aromatic nitrogens is 2. The van der Waals surface area contributed by atoms with Gasteiger partial charge in [0.15, 0.2) is 0 Å². The molecule has 1 unspecified atom stereocenters. The lowest BCUT2D eigenvalue weighted by Gasteiger charge is -2.17. The van der Waals surface area contributed by atoms with Crippen molar-refractivity contribution in [3.05, 3.63) is 34.9 Å². The zero-order valence-electron chi connectivity index (χ0n) is 10.6. The van der Waals surface area contributed by atoms with E-state index in [1.54, 1.807) is 36.2 Å². The van der Waals surface area contributed by atoms with Gasteiger partial charge in [-0.2, -0.15) is 0 Å². The van der Waals surface area contributed by atoms with Gasteiger partial charge in [0.2, 0.25) is 0 Å². The molecule has 2 rings (SSSR count). The molecule has 0 saturated carbocycles. The second-order valence-corrected chi connectivity index (χ2v) is 4.25. The number of nitrogens with zero attached hydrogens (tertiary/aromatic N) is 2. The number of fused-ring (bicyclic) bond motifs is 1. The van der Waals surface area contributed by atoms with Gasteiger partial charge in [-0.05, 0) is 24.6 Å². The van der Waals surface area contributed by atoms with E-state index in [9.17, 15) is 4.79 Å². The molecule has 0 amide bonds. The summed E-state index contributed by atoms with van der Waals surface area (Å²) in [7, 11) is 1.63. The van der Waals surface area contributed by atoms with E-state index in [1.165, 1.54) is 0 Å². The van der Waals surface area contributed by atoms with Crippen molar-refractivity contribution in [1.29, 1.82) is 0 Å². The fourth-order valence-corrected chi connectivity index (χ4v) is 2.00. The lowest BCUT2D eigenvalue weighted by Crippen LogP contribution is -2.27. The van der Waals surface area contributed by atoms with Crippen molar-refractivity contribution in [3.8, 4) is 0 Å². The molecule has 5 heteroatoms. The molecule has 18 heavy (non-hydrogen) atoms. The molecule has 0 aliphatic carbocycles. The van der Waals surface area contributed by atoms with Gasteiger partial charge in [-0.25, -0.2) is 4.98 Å². The zero-order valence-corrected chi connectivity index (χ0v) is 10.6. The number of ether oxygens (including phenoxy) is 1. The first-order chi connectivity index (χ1) is 8.67. The Morgan fingerprint density at radius 3 is 2.94 bits per heavy atom. The van der Waals surface area contributed by atoms with Crippen LogP contribution in [0.5, 0.6) is 0 Å². The van der Waals surface area contributed by atoms with Gasteiger partial charge in [-0.3, -0.25) is 9.36 Å². The summed E-state index contributed by atoms with van der Waals surface area (Å²) < 4.78 is 6.74. The largest absolute Gasteiger partial charge is 0.399 e. The second-order valence-electron chi connectivity index (χ2n) is 4.25. The van der Waals surface area contributed by atoms with Gasteiger partial charge in [-0.1, -0.05) is 6.92 Å². The van der Waals surface area contributed by atoms with Gasteiger partial charge in [0.25, 0.3) is 5.56 Å². The molecule has 0 spiro atoms.